The van der Waals surface area contributed by atoms with Crippen LogP contribution in [0.4, 0.5) is 8.78 Å². The van der Waals surface area contributed by atoms with Gasteiger partial charge in [-0.1, -0.05) is 6.07 Å². The van der Waals surface area contributed by atoms with Gasteiger partial charge in [0.2, 0.25) is 0 Å². The second-order valence-corrected chi connectivity index (χ2v) is 3.02. The molecule has 0 bridgehead atoms. The second kappa shape index (κ2) is 4.89. The predicted molar refractivity (Wildman–Crippen MR) is 55.0 cm³/mol. The van der Waals surface area contributed by atoms with Crippen LogP contribution in [0.1, 0.15) is 11.1 Å². The van der Waals surface area contributed by atoms with Gasteiger partial charge in [-0.25, -0.2) is 8.78 Å². The molecule has 1 aromatic heterocycles. The maximum Gasteiger partial charge on any atom is 0.129 e. The van der Waals surface area contributed by atoms with E-state index in [0.717, 1.165) is 11.6 Å². The summed E-state index contributed by atoms with van der Waals surface area (Å²) >= 11 is 0. The van der Waals surface area contributed by atoms with Crippen molar-refractivity contribution in [1.82, 2.24) is 10.2 Å². The van der Waals surface area contributed by atoms with Gasteiger partial charge >= 0.3 is 0 Å². The third-order valence-corrected chi connectivity index (χ3v) is 1.96. The van der Waals surface area contributed by atoms with Gasteiger partial charge in [0.25, 0.3) is 0 Å². The third-order valence-electron chi connectivity index (χ3n) is 1.96. The number of nitrogens with zero attached hydrogens (tertiary/aromatic N) is 1. The molecule has 0 radical (unpaired) electrons. The number of aromatic nitrogens is 2. The maximum atomic E-state index is 13.2. The van der Waals surface area contributed by atoms with Crippen molar-refractivity contribution < 1.29 is 8.78 Å². The molecule has 1 aromatic carbocycles. The van der Waals surface area contributed by atoms with Gasteiger partial charge < -0.3 is 0 Å². The number of rotatable bonds is 2. The Morgan fingerprint density at radius 1 is 1.27 bits per heavy atom. The number of nitrogens with one attached hydrogen (secondary N) is 1. The molecule has 0 amide bonds. The van der Waals surface area contributed by atoms with E-state index in [2.05, 4.69) is 10.2 Å². The van der Waals surface area contributed by atoms with E-state index in [1.807, 2.05) is 0 Å². The normalized spacial score (nSPS) is 9.73. The summed E-state index contributed by atoms with van der Waals surface area (Å²) in [7, 11) is 0. The van der Waals surface area contributed by atoms with Gasteiger partial charge in [0.15, 0.2) is 0 Å². The summed E-state index contributed by atoms with van der Waals surface area (Å²) in [5.41, 5.74) is 1.34. The molecule has 2 nitrogen and oxygen atoms in total. The molecule has 0 fully saturated rings. The Morgan fingerprint density at radius 3 is 2.67 bits per heavy atom. The second-order valence-electron chi connectivity index (χ2n) is 3.02. The Labute approximate surface area is 91.7 Å². The number of H-pyrrole nitrogens is 1. The molecule has 80 valence electrons. The van der Waals surface area contributed by atoms with E-state index >= 15 is 0 Å². The van der Waals surface area contributed by atoms with Crippen molar-refractivity contribution >= 4 is 12.4 Å². The van der Waals surface area contributed by atoms with E-state index in [-0.39, 0.29) is 12.4 Å². The lowest BCUT2D eigenvalue weighted by Crippen LogP contribution is -1.92. The number of aromatic amines is 1. The smallest absolute Gasteiger partial charge is 0.129 e. The zero-order chi connectivity index (χ0) is 9.97. The molecule has 2 rings (SSSR count). The van der Waals surface area contributed by atoms with Crippen LogP contribution in [-0.4, -0.2) is 10.2 Å². The van der Waals surface area contributed by atoms with Crippen LogP contribution < -0.4 is 0 Å². The molecule has 0 saturated carbocycles. The third kappa shape index (κ3) is 2.76. The molecule has 15 heavy (non-hydrogen) atoms. The van der Waals surface area contributed by atoms with E-state index in [1.165, 1.54) is 12.1 Å². The molecule has 2 aromatic rings. The summed E-state index contributed by atoms with van der Waals surface area (Å²) in [5, 5.41) is 6.38. The quantitative estimate of drug-likeness (QED) is 0.844. The van der Waals surface area contributed by atoms with Crippen molar-refractivity contribution in [1.29, 1.82) is 0 Å². The Hall–Kier alpha value is -1.42. The fraction of sp³-hybridized carbons (Fsp3) is 0.100. The Kier molecular flexibility index (Phi) is 3.80. The maximum absolute atomic E-state index is 13.2. The number of hydrogen-bond donors (Lipinski definition) is 1. The zero-order valence-corrected chi connectivity index (χ0v) is 8.52. The molecule has 0 saturated heterocycles. The van der Waals surface area contributed by atoms with Gasteiger partial charge in [0, 0.05) is 18.7 Å². The van der Waals surface area contributed by atoms with Gasteiger partial charge in [-0.2, -0.15) is 5.10 Å². The van der Waals surface area contributed by atoms with Crippen LogP contribution in [0.25, 0.3) is 0 Å². The molecule has 0 aliphatic rings. The summed E-state index contributed by atoms with van der Waals surface area (Å²) in [5.74, 6) is -1.08. The molecule has 5 heteroatoms. The van der Waals surface area contributed by atoms with Crippen molar-refractivity contribution in [2.45, 2.75) is 6.42 Å². The first-order chi connectivity index (χ1) is 6.75. The van der Waals surface area contributed by atoms with Crippen LogP contribution in [0.2, 0.25) is 0 Å². The van der Waals surface area contributed by atoms with Gasteiger partial charge in [-0.15, -0.1) is 12.4 Å². The van der Waals surface area contributed by atoms with Crippen LogP contribution in [-0.2, 0) is 6.42 Å². The van der Waals surface area contributed by atoms with E-state index < -0.39 is 11.6 Å². The highest BCUT2D eigenvalue weighted by Crippen LogP contribution is 2.13. The molecule has 0 spiro atoms. The van der Waals surface area contributed by atoms with Crippen LogP contribution in [0.5, 0.6) is 0 Å². The van der Waals surface area contributed by atoms with Crippen LogP contribution in [0, 0.1) is 11.6 Å². The first-order valence-electron chi connectivity index (χ1n) is 4.17. The number of halogens is 3. The van der Waals surface area contributed by atoms with Gasteiger partial charge in [-0.3, -0.25) is 5.10 Å². The van der Waals surface area contributed by atoms with E-state index in [4.69, 9.17) is 0 Å². The van der Waals surface area contributed by atoms with E-state index in [0.29, 0.717) is 12.0 Å². The summed E-state index contributed by atoms with van der Waals surface area (Å²) in [6.45, 7) is 0. The highest BCUT2D eigenvalue weighted by molar-refractivity contribution is 5.85. The highest BCUT2D eigenvalue weighted by Gasteiger charge is 2.04. The van der Waals surface area contributed by atoms with Gasteiger partial charge in [-0.05, 0) is 17.2 Å². The van der Waals surface area contributed by atoms with E-state index in [1.54, 1.807) is 12.4 Å². The molecular weight excluding hydrogens is 222 g/mol. The van der Waals surface area contributed by atoms with Crippen molar-refractivity contribution in [2.75, 3.05) is 0 Å². The van der Waals surface area contributed by atoms with Crippen molar-refractivity contribution in [3.05, 3.63) is 53.4 Å². The minimum Gasteiger partial charge on any atom is -0.285 e. The summed E-state index contributed by atoms with van der Waals surface area (Å²) in [4.78, 5) is 0. The Balaban J connectivity index is 0.00000112. The molecule has 1 N–H and O–H groups in total. The molecular formula is C10H9ClF2N2. The minimum absolute atomic E-state index is 0. The summed E-state index contributed by atoms with van der Waals surface area (Å²) in [6.07, 6.45) is 3.72. The monoisotopic (exact) mass is 230 g/mol. The molecule has 1 heterocycles. The van der Waals surface area contributed by atoms with E-state index in [9.17, 15) is 8.78 Å². The topological polar surface area (TPSA) is 28.7 Å². The fourth-order valence-corrected chi connectivity index (χ4v) is 1.26. The fourth-order valence-electron chi connectivity index (χ4n) is 1.26. The SMILES string of the molecule is Cl.Fc1ccc(Cc2cn[nH]c2)c(F)c1. The number of benzene rings is 1. The largest absolute Gasteiger partial charge is 0.285 e. The Bertz CT molecular complexity index is 429. The van der Waals surface area contributed by atoms with Crippen LogP contribution >= 0.6 is 12.4 Å². The number of hydrogen-bond acceptors (Lipinski definition) is 1. The first-order valence-corrected chi connectivity index (χ1v) is 4.17. The Morgan fingerprint density at radius 2 is 2.07 bits per heavy atom. The summed E-state index contributed by atoms with van der Waals surface area (Å²) in [6, 6.07) is 3.57. The molecule has 0 aliphatic heterocycles. The first kappa shape index (κ1) is 11.7. The minimum atomic E-state index is -0.557. The van der Waals surface area contributed by atoms with Gasteiger partial charge in [0.1, 0.15) is 11.6 Å². The van der Waals surface area contributed by atoms with Crippen LogP contribution in [0.15, 0.2) is 30.6 Å². The van der Waals surface area contributed by atoms with Crippen molar-refractivity contribution in [3.8, 4) is 0 Å². The highest BCUT2D eigenvalue weighted by atomic mass is 35.5. The average Bonchev–Trinajstić information content (AvgIpc) is 2.62. The van der Waals surface area contributed by atoms with Crippen molar-refractivity contribution in [2.24, 2.45) is 0 Å². The average molecular weight is 231 g/mol. The molecule has 0 aliphatic carbocycles. The summed E-state index contributed by atoms with van der Waals surface area (Å²) < 4.78 is 25.7. The zero-order valence-electron chi connectivity index (χ0n) is 7.71. The lowest BCUT2D eigenvalue weighted by molar-refractivity contribution is 0.574. The standard InChI is InChI=1S/C10H8F2N2.ClH/c11-9-2-1-8(10(12)4-9)3-7-5-13-14-6-7;/h1-2,4-6H,3H2,(H,13,14);1H. The molecule has 0 unspecified atom stereocenters. The van der Waals surface area contributed by atoms with Gasteiger partial charge in [0.05, 0.1) is 6.20 Å². The lowest BCUT2D eigenvalue weighted by atomic mass is 10.1. The molecule has 0 atom stereocenters. The predicted octanol–water partition coefficient (Wildman–Crippen LogP) is 2.70. The van der Waals surface area contributed by atoms with Crippen LogP contribution in [0.3, 0.4) is 0 Å². The lowest BCUT2D eigenvalue weighted by Gasteiger charge is -2.00. The van der Waals surface area contributed by atoms with Crippen molar-refractivity contribution in [3.63, 3.8) is 0 Å².